The summed E-state index contributed by atoms with van der Waals surface area (Å²) in [6, 6.07) is 14.0. The Labute approximate surface area is 182 Å². The predicted octanol–water partition coefficient (Wildman–Crippen LogP) is 2.25. The fourth-order valence-electron chi connectivity index (χ4n) is 5.31. The number of likely N-dealkylation sites (N-methyl/N-ethyl adjacent to an activating group) is 1. The van der Waals surface area contributed by atoms with Gasteiger partial charge in [-0.25, -0.2) is 9.67 Å². The molecule has 1 aliphatic carbocycles. The lowest BCUT2D eigenvalue weighted by molar-refractivity contribution is 0.00940. The van der Waals surface area contributed by atoms with E-state index in [4.69, 9.17) is 5.10 Å². The van der Waals surface area contributed by atoms with E-state index in [1.54, 1.807) is 6.20 Å². The minimum absolute atomic E-state index is 0.0323. The molecule has 0 radical (unpaired) electrons. The van der Waals surface area contributed by atoms with E-state index in [0.29, 0.717) is 30.6 Å². The highest BCUT2D eigenvalue weighted by Crippen LogP contribution is 2.38. The molecule has 1 saturated heterocycles. The van der Waals surface area contributed by atoms with Gasteiger partial charge in [-0.2, -0.15) is 5.10 Å². The number of hydrogen-bond donors (Lipinski definition) is 1. The fraction of sp³-hybridized carbons (Fsp3) is 0.458. The first-order chi connectivity index (χ1) is 15.0. The first-order valence-corrected chi connectivity index (χ1v) is 11.0. The monoisotopic (exact) mass is 419 g/mol. The number of likely N-dealkylation sites (tertiary alicyclic amines) is 1. The standard InChI is InChI=1S/C24H29N5O2/c1-27(2)20-11-17-14-28(15-18(17)12-21(20)30)24(31)22-19-9-6-10-25-23(19)29(26-22)13-16-7-4-3-5-8-16/h3-10,17-18,20-21,30H,11-15H2,1-2H3/t17-,18+,20-,21-/m1/s1. The third-order valence-corrected chi connectivity index (χ3v) is 6.94. The topological polar surface area (TPSA) is 74.5 Å². The van der Waals surface area contributed by atoms with Crippen LogP contribution in [0.25, 0.3) is 11.0 Å². The van der Waals surface area contributed by atoms with Crippen LogP contribution in [0.2, 0.25) is 0 Å². The van der Waals surface area contributed by atoms with Gasteiger partial charge >= 0.3 is 0 Å². The Bertz CT molecular complexity index is 1080. The summed E-state index contributed by atoms with van der Waals surface area (Å²) < 4.78 is 1.83. The number of hydrogen-bond acceptors (Lipinski definition) is 5. The zero-order valence-corrected chi connectivity index (χ0v) is 18.1. The van der Waals surface area contributed by atoms with Crippen molar-refractivity contribution >= 4 is 16.9 Å². The third-order valence-electron chi connectivity index (χ3n) is 6.94. The van der Waals surface area contributed by atoms with Crippen LogP contribution in [0.3, 0.4) is 0 Å². The number of rotatable bonds is 4. The third kappa shape index (κ3) is 3.72. The van der Waals surface area contributed by atoms with E-state index in [-0.39, 0.29) is 18.1 Å². The Morgan fingerprint density at radius 2 is 1.84 bits per heavy atom. The molecule has 1 aromatic carbocycles. The Morgan fingerprint density at radius 3 is 2.58 bits per heavy atom. The molecule has 7 heteroatoms. The minimum atomic E-state index is -0.332. The molecular formula is C24H29N5O2. The summed E-state index contributed by atoms with van der Waals surface area (Å²) in [4.78, 5) is 22.1. The Hall–Kier alpha value is -2.77. The van der Waals surface area contributed by atoms with Crippen molar-refractivity contribution < 1.29 is 9.90 Å². The van der Waals surface area contributed by atoms with Crippen molar-refractivity contribution in [3.05, 3.63) is 59.9 Å². The van der Waals surface area contributed by atoms with Gasteiger partial charge in [-0.1, -0.05) is 30.3 Å². The molecule has 2 aromatic heterocycles. The molecule has 1 saturated carbocycles. The predicted molar refractivity (Wildman–Crippen MR) is 119 cm³/mol. The second-order valence-electron chi connectivity index (χ2n) is 9.17. The van der Waals surface area contributed by atoms with Crippen molar-refractivity contribution in [2.24, 2.45) is 11.8 Å². The molecular weight excluding hydrogens is 390 g/mol. The molecule has 1 aliphatic heterocycles. The molecule has 3 heterocycles. The van der Waals surface area contributed by atoms with E-state index in [1.807, 2.05) is 54.0 Å². The molecule has 0 spiro atoms. The quantitative estimate of drug-likeness (QED) is 0.702. The van der Waals surface area contributed by atoms with Crippen molar-refractivity contribution in [1.82, 2.24) is 24.6 Å². The van der Waals surface area contributed by atoms with Crippen LogP contribution in [0, 0.1) is 11.8 Å². The Kier molecular flexibility index (Phi) is 5.24. The summed E-state index contributed by atoms with van der Waals surface area (Å²) in [5, 5.41) is 16.0. The summed E-state index contributed by atoms with van der Waals surface area (Å²) in [7, 11) is 4.04. The first kappa shape index (κ1) is 20.2. The maximum atomic E-state index is 13.5. The largest absolute Gasteiger partial charge is 0.391 e. The molecule has 2 fully saturated rings. The number of carbonyl (C=O) groups is 1. The van der Waals surface area contributed by atoms with Crippen LogP contribution >= 0.6 is 0 Å². The second kappa shape index (κ2) is 8.05. The van der Waals surface area contributed by atoms with Gasteiger partial charge in [0.2, 0.25) is 0 Å². The van der Waals surface area contributed by atoms with E-state index >= 15 is 0 Å². The number of carbonyl (C=O) groups excluding carboxylic acids is 1. The number of amides is 1. The number of nitrogens with zero attached hydrogens (tertiary/aromatic N) is 5. The SMILES string of the molecule is CN(C)[C@@H]1C[C@@H]2CN(C(=O)c3nn(Cc4ccccc4)c4ncccc34)C[C@@H]2C[C@H]1O. The number of pyridine rings is 1. The van der Waals surface area contributed by atoms with Gasteiger partial charge in [-0.15, -0.1) is 0 Å². The van der Waals surface area contributed by atoms with Crippen LogP contribution in [0.5, 0.6) is 0 Å². The summed E-state index contributed by atoms with van der Waals surface area (Å²) in [6.07, 6.45) is 3.09. The Morgan fingerprint density at radius 1 is 1.10 bits per heavy atom. The fourth-order valence-corrected chi connectivity index (χ4v) is 5.31. The van der Waals surface area contributed by atoms with Crippen LogP contribution in [0.1, 0.15) is 28.9 Å². The van der Waals surface area contributed by atoms with Gasteiger partial charge in [-0.3, -0.25) is 4.79 Å². The maximum Gasteiger partial charge on any atom is 0.275 e. The average molecular weight is 420 g/mol. The van der Waals surface area contributed by atoms with Crippen LogP contribution in [-0.2, 0) is 6.54 Å². The van der Waals surface area contributed by atoms with Gasteiger partial charge < -0.3 is 14.9 Å². The zero-order chi connectivity index (χ0) is 21.5. The summed E-state index contributed by atoms with van der Waals surface area (Å²) in [5.74, 6) is 0.747. The summed E-state index contributed by atoms with van der Waals surface area (Å²) in [6.45, 7) is 1.99. The summed E-state index contributed by atoms with van der Waals surface area (Å²) in [5.41, 5.74) is 2.32. The maximum absolute atomic E-state index is 13.5. The van der Waals surface area contributed by atoms with Crippen molar-refractivity contribution in [1.29, 1.82) is 0 Å². The highest BCUT2D eigenvalue weighted by Gasteiger charge is 2.44. The van der Waals surface area contributed by atoms with Gasteiger partial charge in [-0.05, 0) is 56.5 Å². The molecule has 0 unspecified atom stereocenters. The van der Waals surface area contributed by atoms with Crippen molar-refractivity contribution in [2.45, 2.75) is 31.5 Å². The van der Waals surface area contributed by atoms with Gasteiger partial charge in [0.15, 0.2) is 11.3 Å². The normalized spacial score (nSPS) is 25.9. The molecule has 1 N–H and O–H groups in total. The summed E-state index contributed by atoms with van der Waals surface area (Å²) >= 11 is 0. The molecule has 4 atom stereocenters. The molecule has 7 nitrogen and oxygen atoms in total. The Balaban J connectivity index is 1.41. The van der Waals surface area contributed by atoms with Crippen molar-refractivity contribution in [3.8, 4) is 0 Å². The smallest absolute Gasteiger partial charge is 0.275 e. The van der Waals surface area contributed by atoms with E-state index in [1.165, 1.54) is 0 Å². The second-order valence-corrected chi connectivity index (χ2v) is 9.17. The highest BCUT2D eigenvalue weighted by molar-refractivity contribution is 6.04. The lowest BCUT2D eigenvalue weighted by atomic mass is 9.77. The van der Waals surface area contributed by atoms with Crippen LogP contribution in [-0.4, -0.2) is 74.9 Å². The number of aliphatic hydroxyl groups is 1. The van der Waals surface area contributed by atoms with Crippen LogP contribution in [0.15, 0.2) is 48.7 Å². The highest BCUT2D eigenvalue weighted by atomic mass is 16.3. The molecule has 3 aromatic rings. The van der Waals surface area contributed by atoms with E-state index in [0.717, 1.165) is 36.0 Å². The molecule has 2 aliphatic rings. The van der Waals surface area contributed by atoms with Gasteiger partial charge in [0.1, 0.15) is 0 Å². The number of aliphatic hydroxyl groups excluding tert-OH is 1. The van der Waals surface area contributed by atoms with Crippen LogP contribution < -0.4 is 0 Å². The lowest BCUT2D eigenvalue weighted by Gasteiger charge is -2.38. The van der Waals surface area contributed by atoms with Crippen molar-refractivity contribution in [2.75, 3.05) is 27.2 Å². The van der Waals surface area contributed by atoms with Gasteiger partial charge in [0, 0.05) is 25.3 Å². The molecule has 31 heavy (non-hydrogen) atoms. The van der Waals surface area contributed by atoms with Crippen LogP contribution in [0.4, 0.5) is 0 Å². The van der Waals surface area contributed by atoms with E-state index in [2.05, 4.69) is 22.0 Å². The molecule has 1 amide bonds. The first-order valence-electron chi connectivity index (χ1n) is 11.0. The number of aromatic nitrogens is 3. The zero-order valence-electron chi connectivity index (χ0n) is 18.1. The molecule has 162 valence electrons. The molecule has 0 bridgehead atoms. The van der Waals surface area contributed by atoms with Crippen molar-refractivity contribution in [3.63, 3.8) is 0 Å². The van der Waals surface area contributed by atoms with Gasteiger partial charge in [0.05, 0.1) is 18.0 Å². The minimum Gasteiger partial charge on any atom is -0.391 e. The number of fused-ring (bicyclic) bond motifs is 2. The van der Waals surface area contributed by atoms with Gasteiger partial charge in [0.25, 0.3) is 5.91 Å². The van der Waals surface area contributed by atoms with E-state index in [9.17, 15) is 9.90 Å². The molecule has 5 rings (SSSR count). The number of benzene rings is 1. The average Bonchev–Trinajstić information content (AvgIpc) is 3.35. The lowest BCUT2D eigenvalue weighted by Crippen LogP contribution is -2.46. The van der Waals surface area contributed by atoms with E-state index < -0.39 is 0 Å².